The summed E-state index contributed by atoms with van der Waals surface area (Å²) in [5, 5.41) is 3.50. The van der Waals surface area contributed by atoms with E-state index in [-0.39, 0.29) is 5.54 Å². The van der Waals surface area contributed by atoms with Gasteiger partial charge in [-0.25, -0.2) is 0 Å². The van der Waals surface area contributed by atoms with E-state index in [1.807, 2.05) is 0 Å². The number of likely N-dealkylation sites (tertiary alicyclic amines) is 2. The molecular weight excluding hydrogens is 276 g/mol. The van der Waals surface area contributed by atoms with Crippen LogP contribution < -0.4 is 5.32 Å². The van der Waals surface area contributed by atoms with Crippen LogP contribution in [0.1, 0.15) is 45.4 Å². The van der Waals surface area contributed by atoms with Gasteiger partial charge in [-0.3, -0.25) is 9.89 Å². The van der Waals surface area contributed by atoms with Crippen molar-refractivity contribution in [1.29, 1.82) is 0 Å². The van der Waals surface area contributed by atoms with Crippen LogP contribution in [0.2, 0.25) is 0 Å². The smallest absolute Gasteiger partial charge is 0.193 e. The minimum atomic E-state index is 0.245. The third kappa shape index (κ3) is 3.57. The van der Waals surface area contributed by atoms with Crippen molar-refractivity contribution in [2.75, 3.05) is 52.5 Å². The van der Waals surface area contributed by atoms with Gasteiger partial charge in [-0.05, 0) is 58.5 Å². The van der Waals surface area contributed by atoms with Gasteiger partial charge >= 0.3 is 0 Å². The minimum Gasteiger partial charge on any atom is -0.381 e. The summed E-state index contributed by atoms with van der Waals surface area (Å²) in [6, 6.07) is 0. The van der Waals surface area contributed by atoms with Gasteiger partial charge in [-0.15, -0.1) is 0 Å². The van der Waals surface area contributed by atoms with Gasteiger partial charge in [0.1, 0.15) is 0 Å². The predicted octanol–water partition coefficient (Wildman–Crippen LogP) is 1.69. The second-order valence-corrected chi connectivity index (χ2v) is 6.90. The second-order valence-electron chi connectivity index (χ2n) is 6.90. The lowest BCUT2D eigenvalue weighted by atomic mass is 9.88. The molecule has 0 aromatic heterocycles. The molecule has 126 valence electrons. The van der Waals surface area contributed by atoms with Gasteiger partial charge in [-0.2, -0.15) is 0 Å². The minimum absolute atomic E-state index is 0.245. The van der Waals surface area contributed by atoms with Gasteiger partial charge in [0.25, 0.3) is 0 Å². The number of nitrogens with zero attached hydrogens (tertiary/aromatic N) is 3. The summed E-state index contributed by atoms with van der Waals surface area (Å²) in [6.07, 6.45) is 7.56. The number of aliphatic imine (C=N–C) groups is 1. The monoisotopic (exact) mass is 308 g/mol. The molecule has 0 spiro atoms. The first-order chi connectivity index (χ1) is 10.8. The van der Waals surface area contributed by atoms with Gasteiger partial charge in [0.2, 0.25) is 0 Å². The van der Waals surface area contributed by atoms with Crippen LogP contribution in [0.3, 0.4) is 0 Å². The van der Waals surface area contributed by atoms with Crippen molar-refractivity contribution in [3.8, 4) is 0 Å². The lowest BCUT2D eigenvalue weighted by molar-refractivity contribution is -0.0139. The molecule has 0 aliphatic carbocycles. The van der Waals surface area contributed by atoms with Gasteiger partial charge in [0.15, 0.2) is 5.96 Å². The highest BCUT2D eigenvalue weighted by Gasteiger charge is 2.39. The zero-order chi connectivity index (χ0) is 15.3. The van der Waals surface area contributed by atoms with Crippen molar-refractivity contribution in [2.24, 2.45) is 4.99 Å². The highest BCUT2D eigenvalue weighted by molar-refractivity contribution is 5.80. The third-order valence-electron chi connectivity index (χ3n) is 5.46. The Hall–Kier alpha value is -0.810. The Balaban J connectivity index is 1.71. The molecule has 3 aliphatic heterocycles. The number of ether oxygens (including phenoxy) is 1. The topological polar surface area (TPSA) is 40.1 Å². The van der Waals surface area contributed by atoms with E-state index >= 15 is 0 Å². The maximum atomic E-state index is 5.64. The average Bonchev–Trinajstić information content (AvgIpc) is 3.25. The third-order valence-corrected chi connectivity index (χ3v) is 5.46. The molecule has 5 nitrogen and oxygen atoms in total. The Bertz CT molecular complexity index is 367. The van der Waals surface area contributed by atoms with E-state index in [9.17, 15) is 0 Å². The van der Waals surface area contributed by atoms with E-state index in [2.05, 4.69) is 22.0 Å². The molecule has 0 saturated carbocycles. The number of rotatable bonds is 4. The standard InChI is InChI=1S/C17H32N4O/c1-2-18-16(20-9-3-4-10-20)19-15-17(7-13-22-14-8-17)21-11-5-6-12-21/h2-15H2,1H3,(H,18,19). The number of nitrogens with one attached hydrogen (secondary N) is 1. The number of hydrogen-bond acceptors (Lipinski definition) is 3. The Morgan fingerprint density at radius 3 is 2.32 bits per heavy atom. The van der Waals surface area contributed by atoms with E-state index < -0.39 is 0 Å². The van der Waals surface area contributed by atoms with Crippen LogP contribution in [0.4, 0.5) is 0 Å². The molecule has 3 fully saturated rings. The summed E-state index contributed by atoms with van der Waals surface area (Å²) in [5.41, 5.74) is 0.245. The average molecular weight is 308 g/mol. The highest BCUT2D eigenvalue weighted by Crippen LogP contribution is 2.31. The van der Waals surface area contributed by atoms with Gasteiger partial charge < -0.3 is 15.0 Å². The van der Waals surface area contributed by atoms with E-state index in [1.165, 1.54) is 38.8 Å². The summed E-state index contributed by atoms with van der Waals surface area (Å²) >= 11 is 0. The molecule has 5 heteroatoms. The Morgan fingerprint density at radius 2 is 1.68 bits per heavy atom. The fourth-order valence-electron chi connectivity index (χ4n) is 4.09. The zero-order valence-corrected chi connectivity index (χ0v) is 14.1. The first-order valence-corrected chi connectivity index (χ1v) is 9.20. The lowest BCUT2D eigenvalue weighted by Gasteiger charge is -2.43. The molecule has 3 aliphatic rings. The van der Waals surface area contributed by atoms with E-state index in [0.717, 1.165) is 58.2 Å². The molecule has 0 unspecified atom stereocenters. The second kappa shape index (κ2) is 7.64. The fraction of sp³-hybridized carbons (Fsp3) is 0.941. The molecule has 3 rings (SSSR count). The predicted molar refractivity (Wildman–Crippen MR) is 90.4 cm³/mol. The van der Waals surface area contributed by atoms with Crippen LogP contribution in [0, 0.1) is 0 Å². The lowest BCUT2D eigenvalue weighted by Crippen LogP contribution is -2.54. The van der Waals surface area contributed by atoms with Crippen molar-refractivity contribution < 1.29 is 4.74 Å². The maximum Gasteiger partial charge on any atom is 0.193 e. The van der Waals surface area contributed by atoms with Crippen molar-refractivity contribution in [2.45, 2.75) is 51.0 Å². The maximum absolute atomic E-state index is 5.64. The van der Waals surface area contributed by atoms with E-state index in [0.29, 0.717) is 0 Å². The Morgan fingerprint density at radius 1 is 1.05 bits per heavy atom. The number of hydrogen-bond donors (Lipinski definition) is 1. The first-order valence-electron chi connectivity index (χ1n) is 9.20. The molecule has 22 heavy (non-hydrogen) atoms. The van der Waals surface area contributed by atoms with Crippen molar-refractivity contribution in [3.63, 3.8) is 0 Å². The molecule has 3 heterocycles. The first kappa shape index (κ1) is 16.1. The molecule has 0 aromatic carbocycles. The molecule has 0 radical (unpaired) electrons. The SMILES string of the molecule is CCNC(=NCC1(N2CCCC2)CCOCC1)N1CCCC1. The summed E-state index contributed by atoms with van der Waals surface area (Å²) in [6.45, 7) is 10.6. The van der Waals surface area contributed by atoms with Crippen molar-refractivity contribution in [3.05, 3.63) is 0 Å². The van der Waals surface area contributed by atoms with Crippen LogP contribution in [0.25, 0.3) is 0 Å². The number of guanidine groups is 1. The largest absolute Gasteiger partial charge is 0.381 e. The summed E-state index contributed by atoms with van der Waals surface area (Å²) in [5.74, 6) is 1.13. The van der Waals surface area contributed by atoms with Crippen molar-refractivity contribution >= 4 is 5.96 Å². The highest BCUT2D eigenvalue weighted by atomic mass is 16.5. The Kier molecular flexibility index (Phi) is 5.58. The van der Waals surface area contributed by atoms with Crippen LogP contribution in [-0.2, 0) is 4.74 Å². The zero-order valence-electron chi connectivity index (χ0n) is 14.1. The molecule has 0 bridgehead atoms. The van der Waals surface area contributed by atoms with Crippen LogP contribution >= 0.6 is 0 Å². The van der Waals surface area contributed by atoms with Crippen LogP contribution in [0.15, 0.2) is 4.99 Å². The quantitative estimate of drug-likeness (QED) is 0.634. The van der Waals surface area contributed by atoms with Gasteiger partial charge in [0, 0.05) is 38.4 Å². The van der Waals surface area contributed by atoms with Gasteiger partial charge in [-0.1, -0.05) is 0 Å². The molecule has 3 saturated heterocycles. The van der Waals surface area contributed by atoms with Crippen molar-refractivity contribution in [1.82, 2.24) is 15.1 Å². The fourth-order valence-corrected chi connectivity index (χ4v) is 4.09. The molecule has 0 aromatic rings. The Labute approximate surface area is 135 Å². The van der Waals surface area contributed by atoms with Crippen LogP contribution in [0.5, 0.6) is 0 Å². The van der Waals surface area contributed by atoms with E-state index in [4.69, 9.17) is 9.73 Å². The molecule has 1 N–H and O–H groups in total. The molecule has 0 atom stereocenters. The normalized spacial score (nSPS) is 26.6. The molecular formula is C17H32N4O. The summed E-state index contributed by atoms with van der Waals surface area (Å²) in [4.78, 5) is 10.2. The summed E-state index contributed by atoms with van der Waals surface area (Å²) in [7, 11) is 0. The van der Waals surface area contributed by atoms with E-state index in [1.54, 1.807) is 0 Å². The molecule has 0 amide bonds. The van der Waals surface area contributed by atoms with Crippen LogP contribution in [-0.4, -0.2) is 73.8 Å². The summed E-state index contributed by atoms with van der Waals surface area (Å²) < 4.78 is 5.64. The van der Waals surface area contributed by atoms with Gasteiger partial charge in [0.05, 0.1) is 6.54 Å².